The predicted octanol–water partition coefficient (Wildman–Crippen LogP) is 10.2. The molecule has 0 saturated heterocycles. The lowest BCUT2D eigenvalue weighted by Gasteiger charge is -2.12. The third-order valence-electron chi connectivity index (χ3n) is 7.47. The minimum Gasteiger partial charge on any atom is -0.256 e. The molecule has 0 spiro atoms. The standard InChI is InChI=1S/C35H21NS/c1-2-13-28-26(8-1)21-30(35-33(28)29-14-3-4-16-31(29)37-35)25-11-5-10-24(20-25)27-15-6-9-22-17-18-23-12-7-19-36-34(23)32(22)27/h1-21H. The Bertz CT molecular complexity index is 2150. The topological polar surface area (TPSA) is 12.9 Å². The summed E-state index contributed by atoms with van der Waals surface area (Å²) < 4.78 is 2.68. The average molecular weight is 488 g/mol. The Morgan fingerprint density at radius 2 is 1.22 bits per heavy atom. The van der Waals surface area contributed by atoms with Gasteiger partial charge in [-0.1, -0.05) is 97.1 Å². The number of thiophene rings is 1. The van der Waals surface area contributed by atoms with Gasteiger partial charge in [-0.3, -0.25) is 4.98 Å². The zero-order valence-electron chi connectivity index (χ0n) is 20.0. The molecule has 0 aliphatic carbocycles. The van der Waals surface area contributed by atoms with Crippen LogP contribution in [0.3, 0.4) is 0 Å². The Morgan fingerprint density at radius 3 is 2.16 bits per heavy atom. The van der Waals surface area contributed by atoms with E-state index in [1.54, 1.807) is 0 Å². The molecule has 0 amide bonds. The van der Waals surface area contributed by atoms with Crippen LogP contribution in [-0.2, 0) is 0 Å². The highest BCUT2D eigenvalue weighted by molar-refractivity contribution is 7.26. The SMILES string of the molecule is c1cc(-c2cc3ccccc3c3c2sc2ccccc23)cc(-c2cccc3ccc4cccnc4c23)c1. The fourth-order valence-electron chi connectivity index (χ4n) is 5.80. The van der Waals surface area contributed by atoms with Crippen molar-refractivity contribution in [3.05, 3.63) is 128 Å². The molecule has 8 rings (SSSR count). The first-order valence-corrected chi connectivity index (χ1v) is 13.4. The Labute approximate surface area is 218 Å². The molecule has 0 aliphatic heterocycles. The van der Waals surface area contributed by atoms with Gasteiger partial charge in [-0.05, 0) is 57.1 Å². The molecule has 0 aliphatic rings. The molecular formula is C35H21NS. The van der Waals surface area contributed by atoms with Crippen LogP contribution in [0.25, 0.3) is 74.9 Å². The molecule has 0 radical (unpaired) electrons. The molecule has 0 N–H and O–H groups in total. The molecule has 172 valence electrons. The van der Waals surface area contributed by atoms with Gasteiger partial charge in [0.1, 0.15) is 0 Å². The van der Waals surface area contributed by atoms with Crippen LogP contribution in [0.5, 0.6) is 0 Å². The quantitative estimate of drug-likeness (QED) is 0.221. The summed E-state index contributed by atoms with van der Waals surface area (Å²) >= 11 is 1.89. The van der Waals surface area contributed by atoms with Gasteiger partial charge in [0, 0.05) is 42.7 Å². The zero-order chi connectivity index (χ0) is 24.3. The summed E-state index contributed by atoms with van der Waals surface area (Å²) in [5, 5.41) is 8.89. The summed E-state index contributed by atoms with van der Waals surface area (Å²) in [6.45, 7) is 0. The lowest BCUT2D eigenvalue weighted by Crippen LogP contribution is -1.87. The number of aromatic nitrogens is 1. The first kappa shape index (κ1) is 20.6. The van der Waals surface area contributed by atoms with Crippen LogP contribution in [0.1, 0.15) is 0 Å². The van der Waals surface area contributed by atoms with Gasteiger partial charge in [-0.2, -0.15) is 0 Å². The maximum atomic E-state index is 4.78. The minimum absolute atomic E-state index is 1.05. The second-order valence-corrected chi connectivity index (χ2v) is 10.6. The van der Waals surface area contributed by atoms with Crippen molar-refractivity contribution in [1.82, 2.24) is 4.98 Å². The molecule has 37 heavy (non-hydrogen) atoms. The van der Waals surface area contributed by atoms with Crippen molar-refractivity contribution in [2.45, 2.75) is 0 Å². The first-order valence-electron chi connectivity index (χ1n) is 12.6. The number of hydrogen-bond acceptors (Lipinski definition) is 2. The van der Waals surface area contributed by atoms with Gasteiger partial charge in [0.15, 0.2) is 0 Å². The van der Waals surface area contributed by atoms with Gasteiger partial charge >= 0.3 is 0 Å². The summed E-state index contributed by atoms with van der Waals surface area (Å²) in [6.07, 6.45) is 1.89. The fourth-order valence-corrected chi connectivity index (χ4v) is 7.05. The highest BCUT2D eigenvalue weighted by atomic mass is 32.1. The number of pyridine rings is 1. The van der Waals surface area contributed by atoms with Crippen LogP contribution in [0, 0.1) is 0 Å². The number of rotatable bonds is 2. The van der Waals surface area contributed by atoms with Crippen LogP contribution in [0.15, 0.2) is 128 Å². The summed E-state index contributed by atoms with van der Waals surface area (Å²) in [5.41, 5.74) is 6.02. The Balaban J connectivity index is 1.43. The van der Waals surface area contributed by atoms with Gasteiger partial charge in [-0.15, -0.1) is 11.3 Å². The summed E-state index contributed by atoms with van der Waals surface area (Å²) in [4.78, 5) is 4.78. The number of benzene rings is 6. The molecule has 2 aromatic heterocycles. The van der Waals surface area contributed by atoms with E-state index < -0.39 is 0 Å². The van der Waals surface area contributed by atoms with E-state index >= 15 is 0 Å². The minimum atomic E-state index is 1.05. The molecule has 0 bridgehead atoms. The van der Waals surface area contributed by atoms with Gasteiger partial charge in [0.05, 0.1) is 5.52 Å². The van der Waals surface area contributed by atoms with Crippen LogP contribution in [0.4, 0.5) is 0 Å². The maximum Gasteiger partial charge on any atom is 0.0786 e. The van der Waals surface area contributed by atoms with Gasteiger partial charge in [0.2, 0.25) is 0 Å². The van der Waals surface area contributed by atoms with Crippen molar-refractivity contribution in [3.63, 3.8) is 0 Å². The second-order valence-electron chi connectivity index (χ2n) is 9.57. The van der Waals surface area contributed by atoms with Crippen LogP contribution in [-0.4, -0.2) is 4.98 Å². The smallest absolute Gasteiger partial charge is 0.0786 e. The summed E-state index contributed by atoms with van der Waals surface area (Å²) in [5.74, 6) is 0. The van der Waals surface area contributed by atoms with E-state index in [1.807, 2.05) is 23.6 Å². The fraction of sp³-hybridized carbons (Fsp3) is 0. The van der Waals surface area contributed by atoms with Gasteiger partial charge in [0.25, 0.3) is 0 Å². The molecular weight excluding hydrogens is 466 g/mol. The van der Waals surface area contributed by atoms with Crippen molar-refractivity contribution in [1.29, 1.82) is 0 Å². The van der Waals surface area contributed by atoms with E-state index in [-0.39, 0.29) is 0 Å². The lowest BCUT2D eigenvalue weighted by molar-refractivity contribution is 1.43. The molecule has 0 unspecified atom stereocenters. The van der Waals surface area contributed by atoms with Crippen LogP contribution < -0.4 is 0 Å². The number of nitrogens with zero attached hydrogens (tertiary/aromatic N) is 1. The van der Waals surface area contributed by atoms with E-state index in [9.17, 15) is 0 Å². The van der Waals surface area contributed by atoms with Gasteiger partial charge in [-0.25, -0.2) is 0 Å². The monoisotopic (exact) mass is 487 g/mol. The van der Waals surface area contributed by atoms with E-state index in [4.69, 9.17) is 4.98 Å². The van der Waals surface area contributed by atoms with E-state index in [2.05, 4.69) is 115 Å². The molecule has 8 aromatic rings. The highest BCUT2D eigenvalue weighted by Crippen LogP contribution is 2.45. The van der Waals surface area contributed by atoms with E-state index in [1.165, 1.54) is 69.4 Å². The van der Waals surface area contributed by atoms with Crippen molar-refractivity contribution in [2.24, 2.45) is 0 Å². The third-order valence-corrected chi connectivity index (χ3v) is 8.67. The molecule has 6 aromatic carbocycles. The largest absolute Gasteiger partial charge is 0.256 e. The summed E-state index contributed by atoms with van der Waals surface area (Å²) in [7, 11) is 0. The van der Waals surface area contributed by atoms with Crippen molar-refractivity contribution < 1.29 is 0 Å². The van der Waals surface area contributed by atoms with Gasteiger partial charge < -0.3 is 0 Å². The van der Waals surface area contributed by atoms with E-state index in [0.717, 1.165) is 5.52 Å². The molecule has 0 saturated carbocycles. The number of hydrogen-bond donors (Lipinski definition) is 0. The Hall–Kier alpha value is -4.53. The Morgan fingerprint density at radius 1 is 0.486 bits per heavy atom. The molecule has 2 heterocycles. The maximum absolute atomic E-state index is 4.78. The van der Waals surface area contributed by atoms with Crippen LogP contribution in [0.2, 0.25) is 0 Å². The van der Waals surface area contributed by atoms with Crippen LogP contribution >= 0.6 is 11.3 Å². The number of fused-ring (bicyclic) bond motifs is 8. The van der Waals surface area contributed by atoms with Crippen molar-refractivity contribution in [2.75, 3.05) is 0 Å². The van der Waals surface area contributed by atoms with E-state index in [0.29, 0.717) is 0 Å². The molecule has 0 fully saturated rings. The molecule has 2 heteroatoms. The average Bonchev–Trinajstić information content (AvgIpc) is 3.36. The lowest BCUT2D eigenvalue weighted by atomic mass is 9.92. The second kappa shape index (κ2) is 7.99. The van der Waals surface area contributed by atoms with Crippen molar-refractivity contribution in [3.8, 4) is 22.3 Å². The third kappa shape index (κ3) is 3.13. The van der Waals surface area contributed by atoms with Crippen molar-refractivity contribution >= 4 is 64.0 Å². The Kier molecular flexibility index (Phi) is 4.46. The zero-order valence-corrected chi connectivity index (χ0v) is 20.8. The molecule has 1 nitrogen and oxygen atoms in total. The highest BCUT2D eigenvalue weighted by Gasteiger charge is 2.15. The normalized spacial score (nSPS) is 11.8. The summed E-state index contributed by atoms with van der Waals surface area (Å²) in [6, 6.07) is 44.0. The first-order chi connectivity index (χ1) is 18.3. The molecule has 0 atom stereocenters. The predicted molar refractivity (Wildman–Crippen MR) is 161 cm³/mol.